The Labute approximate surface area is 140 Å². The fourth-order valence-electron chi connectivity index (χ4n) is 2.69. The highest BCUT2D eigenvalue weighted by Gasteiger charge is 2.19. The van der Waals surface area contributed by atoms with Gasteiger partial charge in [0.1, 0.15) is 5.58 Å². The number of nitrogens with zero attached hydrogens (tertiary/aromatic N) is 1. The maximum absolute atomic E-state index is 12.8. The summed E-state index contributed by atoms with van der Waals surface area (Å²) in [6, 6.07) is 18.0. The number of carbonyl (C=O) groups is 1. The summed E-state index contributed by atoms with van der Waals surface area (Å²) in [5, 5.41) is 0.485. The van der Waals surface area contributed by atoms with Gasteiger partial charge in [0.15, 0.2) is 11.2 Å². The van der Waals surface area contributed by atoms with Gasteiger partial charge in [0.25, 0.3) is 5.91 Å². The number of hydrogen-bond acceptors (Lipinski definition) is 3. The molecular formula is C20H19NO3. The predicted octanol–water partition coefficient (Wildman–Crippen LogP) is 3.85. The van der Waals surface area contributed by atoms with Crippen molar-refractivity contribution in [3.63, 3.8) is 0 Å². The number of carbonyl (C=O) groups excluding carboxylic acids is 1. The average molecular weight is 321 g/mol. The minimum Gasteiger partial charge on any atom is -0.451 e. The van der Waals surface area contributed by atoms with Crippen molar-refractivity contribution in [3.05, 3.63) is 82.2 Å². The van der Waals surface area contributed by atoms with Crippen molar-refractivity contribution < 1.29 is 9.21 Å². The van der Waals surface area contributed by atoms with Gasteiger partial charge in [-0.3, -0.25) is 9.59 Å². The van der Waals surface area contributed by atoms with Crippen molar-refractivity contribution in [1.29, 1.82) is 0 Å². The first kappa shape index (κ1) is 16.0. The smallest absolute Gasteiger partial charge is 0.290 e. The molecular weight excluding hydrogens is 302 g/mol. The minimum absolute atomic E-state index is 0.0862. The minimum atomic E-state index is -0.261. The Morgan fingerprint density at radius 2 is 1.75 bits per heavy atom. The third-order valence-corrected chi connectivity index (χ3v) is 3.84. The molecule has 1 aromatic heterocycles. The maximum Gasteiger partial charge on any atom is 0.290 e. The van der Waals surface area contributed by atoms with Gasteiger partial charge in [0.05, 0.1) is 5.39 Å². The molecule has 0 radical (unpaired) electrons. The fourth-order valence-corrected chi connectivity index (χ4v) is 2.69. The van der Waals surface area contributed by atoms with Gasteiger partial charge in [-0.25, -0.2) is 0 Å². The van der Waals surface area contributed by atoms with E-state index in [2.05, 4.69) is 0 Å². The molecule has 0 bridgehead atoms. The second-order valence-corrected chi connectivity index (χ2v) is 5.68. The van der Waals surface area contributed by atoms with Crippen LogP contribution in [0.2, 0.25) is 0 Å². The van der Waals surface area contributed by atoms with Crippen molar-refractivity contribution in [2.45, 2.75) is 19.9 Å². The highest BCUT2D eigenvalue weighted by Crippen LogP contribution is 2.15. The van der Waals surface area contributed by atoms with E-state index in [0.717, 1.165) is 12.0 Å². The van der Waals surface area contributed by atoms with Gasteiger partial charge in [0.2, 0.25) is 0 Å². The van der Waals surface area contributed by atoms with Crippen LogP contribution < -0.4 is 5.43 Å². The van der Waals surface area contributed by atoms with Crippen LogP contribution in [0.4, 0.5) is 0 Å². The molecule has 4 heteroatoms. The van der Waals surface area contributed by atoms with Gasteiger partial charge in [-0.15, -0.1) is 0 Å². The molecule has 0 aliphatic carbocycles. The van der Waals surface area contributed by atoms with Crippen LogP contribution in [0, 0.1) is 0 Å². The Kier molecular flexibility index (Phi) is 4.75. The van der Waals surface area contributed by atoms with Crippen LogP contribution in [0.1, 0.15) is 29.5 Å². The molecule has 0 fully saturated rings. The van der Waals surface area contributed by atoms with Crippen LogP contribution >= 0.6 is 0 Å². The summed E-state index contributed by atoms with van der Waals surface area (Å²) in [5.74, 6) is -0.174. The molecule has 122 valence electrons. The molecule has 0 spiro atoms. The number of hydrogen-bond donors (Lipinski definition) is 0. The molecule has 1 heterocycles. The Hall–Kier alpha value is -2.88. The molecule has 0 aliphatic rings. The molecule has 0 aliphatic heterocycles. The lowest BCUT2D eigenvalue weighted by molar-refractivity contribution is 0.0711. The van der Waals surface area contributed by atoms with Gasteiger partial charge in [-0.1, -0.05) is 49.4 Å². The van der Waals surface area contributed by atoms with Crippen LogP contribution in [0.25, 0.3) is 11.0 Å². The van der Waals surface area contributed by atoms with E-state index >= 15 is 0 Å². The number of fused-ring (bicyclic) bond motifs is 1. The molecule has 0 saturated heterocycles. The number of amides is 1. The van der Waals surface area contributed by atoms with Crippen LogP contribution in [0.3, 0.4) is 0 Å². The molecule has 3 aromatic rings. The summed E-state index contributed by atoms with van der Waals surface area (Å²) in [6.07, 6.45) is 0.830. The van der Waals surface area contributed by atoms with E-state index in [1.165, 1.54) is 6.07 Å². The van der Waals surface area contributed by atoms with Crippen LogP contribution in [0.5, 0.6) is 0 Å². The normalized spacial score (nSPS) is 10.7. The molecule has 0 N–H and O–H groups in total. The summed E-state index contributed by atoms with van der Waals surface area (Å²) in [5.41, 5.74) is 1.28. The van der Waals surface area contributed by atoms with E-state index in [0.29, 0.717) is 24.1 Å². The quantitative estimate of drug-likeness (QED) is 0.717. The second kappa shape index (κ2) is 7.13. The van der Waals surface area contributed by atoms with Crippen LogP contribution in [-0.4, -0.2) is 17.4 Å². The Balaban J connectivity index is 1.94. The second-order valence-electron chi connectivity index (χ2n) is 5.68. The van der Waals surface area contributed by atoms with Gasteiger partial charge >= 0.3 is 0 Å². The van der Waals surface area contributed by atoms with Gasteiger partial charge in [0, 0.05) is 19.2 Å². The van der Waals surface area contributed by atoms with Gasteiger partial charge in [-0.05, 0) is 24.1 Å². The monoisotopic (exact) mass is 321 g/mol. The number of benzene rings is 2. The zero-order valence-electron chi connectivity index (χ0n) is 13.6. The SMILES string of the molecule is CCCN(Cc1ccccc1)C(=O)c1cc(=O)c2ccccc2o1. The maximum atomic E-state index is 12.8. The third-order valence-electron chi connectivity index (χ3n) is 3.84. The van der Waals surface area contributed by atoms with Crippen molar-refractivity contribution in [2.75, 3.05) is 6.54 Å². The topological polar surface area (TPSA) is 50.5 Å². The molecule has 4 nitrogen and oxygen atoms in total. The summed E-state index contributed by atoms with van der Waals surface area (Å²) < 4.78 is 5.68. The summed E-state index contributed by atoms with van der Waals surface area (Å²) >= 11 is 0. The van der Waals surface area contributed by atoms with Crippen molar-refractivity contribution in [2.24, 2.45) is 0 Å². The van der Waals surface area contributed by atoms with E-state index < -0.39 is 0 Å². The molecule has 2 aromatic carbocycles. The third kappa shape index (κ3) is 3.38. The molecule has 24 heavy (non-hydrogen) atoms. The van der Waals surface area contributed by atoms with Crippen molar-refractivity contribution in [1.82, 2.24) is 4.90 Å². The summed E-state index contributed by atoms with van der Waals surface area (Å²) in [6.45, 7) is 3.11. The lowest BCUT2D eigenvalue weighted by Crippen LogP contribution is -2.31. The Bertz CT molecular complexity index is 899. The van der Waals surface area contributed by atoms with Crippen molar-refractivity contribution >= 4 is 16.9 Å². The van der Waals surface area contributed by atoms with E-state index in [1.54, 1.807) is 29.2 Å². The van der Waals surface area contributed by atoms with Gasteiger partial charge < -0.3 is 9.32 Å². The predicted molar refractivity (Wildman–Crippen MR) is 94.0 cm³/mol. The average Bonchev–Trinajstić information content (AvgIpc) is 2.61. The highest BCUT2D eigenvalue weighted by atomic mass is 16.3. The number of para-hydroxylation sites is 1. The summed E-state index contributed by atoms with van der Waals surface area (Å²) in [7, 11) is 0. The summed E-state index contributed by atoms with van der Waals surface area (Å²) in [4.78, 5) is 26.8. The first-order valence-corrected chi connectivity index (χ1v) is 8.05. The zero-order valence-corrected chi connectivity index (χ0v) is 13.6. The van der Waals surface area contributed by atoms with Crippen molar-refractivity contribution in [3.8, 4) is 0 Å². The lowest BCUT2D eigenvalue weighted by Gasteiger charge is -2.21. The molecule has 0 unspecified atom stereocenters. The highest BCUT2D eigenvalue weighted by molar-refractivity contribution is 5.93. The standard InChI is InChI=1S/C20H19NO3/c1-2-12-21(14-15-8-4-3-5-9-15)20(23)19-13-17(22)16-10-6-7-11-18(16)24-19/h3-11,13H,2,12,14H2,1H3. The first-order valence-electron chi connectivity index (χ1n) is 8.05. The first-order chi connectivity index (χ1) is 11.7. The van der Waals surface area contributed by atoms with Crippen LogP contribution in [-0.2, 0) is 6.54 Å². The molecule has 1 amide bonds. The largest absolute Gasteiger partial charge is 0.451 e. The Morgan fingerprint density at radius 3 is 2.50 bits per heavy atom. The van der Waals surface area contributed by atoms with Crippen LogP contribution in [0.15, 0.2) is 69.9 Å². The zero-order chi connectivity index (χ0) is 16.9. The van der Waals surface area contributed by atoms with E-state index in [9.17, 15) is 9.59 Å². The molecule has 0 saturated carbocycles. The number of rotatable bonds is 5. The Morgan fingerprint density at radius 1 is 1.04 bits per heavy atom. The molecule has 3 rings (SSSR count). The van der Waals surface area contributed by atoms with E-state index in [-0.39, 0.29) is 17.1 Å². The van der Waals surface area contributed by atoms with Gasteiger partial charge in [-0.2, -0.15) is 0 Å². The van der Waals surface area contributed by atoms with E-state index in [4.69, 9.17) is 4.42 Å². The fraction of sp³-hybridized carbons (Fsp3) is 0.200. The lowest BCUT2D eigenvalue weighted by atomic mass is 10.2. The van der Waals surface area contributed by atoms with E-state index in [1.807, 2.05) is 37.3 Å². The molecule has 0 atom stereocenters.